The summed E-state index contributed by atoms with van der Waals surface area (Å²) >= 11 is 3.46. The molecule has 0 saturated heterocycles. The van der Waals surface area contributed by atoms with Crippen molar-refractivity contribution in [1.82, 2.24) is 5.32 Å². The van der Waals surface area contributed by atoms with E-state index in [0.29, 0.717) is 12.0 Å². The van der Waals surface area contributed by atoms with Crippen LogP contribution in [0.25, 0.3) is 0 Å². The van der Waals surface area contributed by atoms with Crippen LogP contribution in [0.3, 0.4) is 0 Å². The van der Waals surface area contributed by atoms with Crippen LogP contribution in [-0.2, 0) is 0 Å². The van der Waals surface area contributed by atoms with Crippen molar-refractivity contribution in [2.75, 3.05) is 13.1 Å². The molecule has 0 spiro atoms. The van der Waals surface area contributed by atoms with Gasteiger partial charge >= 0.3 is 0 Å². The Kier molecular flexibility index (Phi) is 6.27. The summed E-state index contributed by atoms with van der Waals surface area (Å²) in [5.41, 5.74) is 1.44. The lowest BCUT2D eigenvalue weighted by atomic mass is 9.78. The van der Waals surface area contributed by atoms with Crippen molar-refractivity contribution >= 4 is 15.9 Å². The highest BCUT2D eigenvalue weighted by Gasteiger charge is 2.33. The largest absolute Gasteiger partial charge is 0.387 e. The van der Waals surface area contributed by atoms with Crippen LogP contribution in [0.5, 0.6) is 0 Å². The molecule has 0 aromatic heterocycles. The Labute approximate surface area is 137 Å². The maximum absolute atomic E-state index is 10.3. The summed E-state index contributed by atoms with van der Waals surface area (Å²) in [6.07, 6.45) is 6.27. The summed E-state index contributed by atoms with van der Waals surface area (Å²) in [4.78, 5) is 0. The molecule has 2 rings (SSSR count). The maximum atomic E-state index is 10.3. The molecule has 1 unspecified atom stereocenters. The van der Waals surface area contributed by atoms with E-state index < -0.39 is 6.10 Å². The monoisotopic (exact) mass is 353 g/mol. The third-order valence-electron chi connectivity index (χ3n) is 4.58. The van der Waals surface area contributed by atoms with Gasteiger partial charge in [0.15, 0.2) is 0 Å². The first kappa shape index (κ1) is 17.0. The van der Waals surface area contributed by atoms with E-state index >= 15 is 0 Å². The minimum Gasteiger partial charge on any atom is -0.387 e. The summed E-state index contributed by atoms with van der Waals surface area (Å²) in [6.45, 7) is 6.30. The van der Waals surface area contributed by atoms with Gasteiger partial charge in [-0.3, -0.25) is 0 Å². The van der Waals surface area contributed by atoms with Crippen LogP contribution in [0.15, 0.2) is 28.7 Å². The van der Waals surface area contributed by atoms with Gasteiger partial charge < -0.3 is 10.4 Å². The minimum absolute atomic E-state index is 0.431. The van der Waals surface area contributed by atoms with E-state index in [-0.39, 0.29) is 0 Å². The average Bonchev–Trinajstić information content (AvgIpc) is 2.86. The van der Waals surface area contributed by atoms with Crippen molar-refractivity contribution in [3.8, 4) is 0 Å². The van der Waals surface area contributed by atoms with Crippen LogP contribution >= 0.6 is 15.9 Å². The van der Waals surface area contributed by atoms with E-state index in [1.54, 1.807) is 0 Å². The molecular formula is C18H28BrNO. The molecule has 1 aliphatic carbocycles. The van der Waals surface area contributed by atoms with Gasteiger partial charge in [0.2, 0.25) is 0 Å². The normalized spacial score (nSPS) is 19.1. The highest BCUT2D eigenvalue weighted by Crippen LogP contribution is 2.42. The van der Waals surface area contributed by atoms with E-state index in [4.69, 9.17) is 0 Å². The summed E-state index contributed by atoms with van der Waals surface area (Å²) in [6, 6.07) is 7.93. The second kappa shape index (κ2) is 7.75. The number of hydrogen-bond acceptors (Lipinski definition) is 2. The molecule has 1 atom stereocenters. The summed E-state index contributed by atoms with van der Waals surface area (Å²) in [5, 5.41) is 13.8. The number of aliphatic hydroxyl groups is 1. The molecular weight excluding hydrogens is 326 g/mol. The topological polar surface area (TPSA) is 32.3 Å². The molecule has 2 N–H and O–H groups in total. The van der Waals surface area contributed by atoms with Gasteiger partial charge in [-0.15, -0.1) is 0 Å². The molecule has 3 heteroatoms. The molecule has 1 fully saturated rings. The van der Waals surface area contributed by atoms with Crippen LogP contribution in [0.4, 0.5) is 0 Å². The second-order valence-corrected chi connectivity index (χ2v) is 7.92. The Hall–Kier alpha value is -0.380. The number of rotatable bonds is 7. The molecule has 0 bridgehead atoms. The van der Waals surface area contributed by atoms with Gasteiger partial charge in [0.1, 0.15) is 0 Å². The fourth-order valence-electron chi connectivity index (χ4n) is 3.75. The molecule has 1 aliphatic rings. The van der Waals surface area contributed by atoms with Crippen LogP contribution in [0.2, 0.25) is 0 Å². The van der Waals surface area contributed by atoms with E-state index in [1.165, 1.54) is 32.1 Å². The molecule has 0 amide bonds. The number of nitrogens with one attached hydrogen (secondary N) is 1. The van der Waals surface area contributed by atoms with Crippen LogP contribution < -0.4 is 5.32 Å². The van der Waals surface area contributed by atoms with Gasteiger partial charge in [-0.2, -0.15) is 0 Å². The van der Waals surface area contributed by atoms with Crippen LogP contribution in [0.1, 0.15) is 57.6 Å². The van der Waals surface area contributed by atoms with E-state index in [9.17, 15) is 5.11 Å². The molecule has 118 valence electrons. The Morgan fingerprint density at radius 3 is 2.62 bits per heavy atom. The zero-order valence-corrected chi connectivity index (χ0v) is 14.8. The van der Waals surface area contributed by atoms with Gasteiger partial charge in [-0.1, -0.05) is 54.8 Å². The predicted molar refractivity (Wildman–Crippen MR) is 92.3 cm³/mol. The highest BCUT2D eigenvalue weighted by atomic mass is 79.9. The van der Waals surface area contributed by atoms with Crippen molar-refractivity contribution in [1.29, 1.82) is 0 Å². The number of aliphatic hydroxyl groups excluding tert-OH is 1. The molecule has 1 aromatic carbocycles. The van der Waals surface area contributed by atoms with Crippen molar-refractivity contribution in [3.63, 3.8) is 0 Å². The van der Waals surface area contributed by atoms with Gasteiger partial charge in [-0.25, -0.2) is 0 Å². The lowest BCUT2D eigenvalue weighted by molar-refractivity contribution is 0.158. The summed E-state index contributed by atoms with van der Waals surface area (Å²) in [7, 11) is 0. The number of halogens is 1. The smallest absolute Gasteiger partial charge is 0.0914 e. The number of benzene rings is 1. The SMILES string of the molecule is CC(C)CC1(CNCC(O)c2cccc(Br)c2)CCCC1. The van der Waals surface area contributed by atoms with Gasteiger partial charge in [0.05, 0.1) is 6.10 Å². The van der Waals surface area contributed by atoms with E-state index in [2.05, 4.69) is 35.1 Å². The average molecular weight is 354 g/mol. The Bertz CT molecular complexity index is 441. The van der Waals surface area contributed by atoms with Crippen molar-refractivity contribution in [3.05, 3.63) is 34.3 Å². The van der Waals surface area contributed by atoms with E-state index in [0.717, 1.165) is 22.5 Å². The quantitative estimate of drug-likeness (QED) is 0.745. The summed E-state index contributed by atoms with van der Waals surface area (Å²) < 4.78 is 1.02. The standard InChI is InChI=1S/C18H28BrNO/c1-14(2)11-18(8-3-4-9-18)13-20-12-17(21)15-6-5-7-16(19)10-15/h5-7,10,14,17,20-21H,3-4,8-9,11-13H2,1-2H3. The molecule has 21 heavy (non-hydrogen) atoms. The minimum atomic E-state index is -0.431. The molecule has 2 nitrogen and oxygen atoms in total. The molecule has 0 radical (unpaired) electrons. The van der Waals surface area contributed by atoms with Gasteiger partial charge in [-0.05, 0) is 48.3 Å². The summed E-state index contributed by atoms with van der Waals surface area (Å²) in [5.74, 6) is 0.750. The predicted octanol–water partition coefficient (Wildman–Crippen LogP) is 4.68. The Balaban J connectivity index is 1.84. The van der Waals surface area contributed by atoms with Crippen LogP contribution in [0, 0.1) is 11.3 Å². The Morgan fingerprint density at radius 2 is 2.00 bits per heavy atom. The van der Waals surface area contributed by atoms with E-state index in [1.807, 2.05) is 24.3 Å². The Morgan fingerprint density at radius 1 is 1.29 bits per heavy atom. The third-order valence-corrected chi connectivity index (χ3v) is 5.07. The zero-order valence-electron chi connectivity index (χ0n) is 13.2. The first-order valence-corrected chi connectivity index (χ1v) is 8.94. The molecule has 0 aliphatic heterocycles. The lowest BCUT2D eigenvalue weighted by Gasteiger charge is -2.31. The first-order chi connectivity index (χ1) is 10.0. The van der Waals surface area contributed by atoms with Crippen molar-refractivity contribution in [2.45, 2.75) is 52.1 Å². The van der Waals surface area contributed by atoms with Gasteiger partial charge in [0, 0.05) is 17.6 Å². The van der Waals surface area contributed by atoms with Crippen LogP contribution in [-0.4, -0.2) is 18.2 Å². The number of hydrogen-bond donors (Lipinski definition) is 2. The maximum Gasteiger partial charge on any atom is 0.0914 e. The fourth-order valence-corrected chi connectivity index (χ4v) is 4.17. The molecule has 1 aromatic rings. The van der Waals surface area contributed by atoms with Crippen molar-refractivity contribution in [2.24, 2.45) is 11.3 Å². The lowest BCUT2D eigenvalue weighted by Crippen LogP contribution is -2.35. The fraction of sp³-hybridized carbons (Fsp3) is 0.667. The second-order valence-electron chi connectivity index (χ2n) is 7.01. The molecule has 1 saturated carbocycles. The third kappa shape index (κ3) is 5.08. The van der Waals surface area contributed by atoms with Gasteiger partial charge in [0.25, 0.3) is 0 Å². The molecule has 0 heterocycles. The first-order valence-electron chi connectivity index (χ1n) is 8.15. The zero-order chi connectivity index (χ0) is 15.3. The highest BCUT2D eigenvalue weighted by molar-refractivity contribution is 9.10. The van der Waals surface area contributed by atoms with Crippen molar-refractivity contribution < 1.29 is 5.11 Å².